The lowest BCUT2D eigenvalue weighted by molar-refractivity contribution is -0.143. The van der Waals surface area contributed by atoms with Crippen LogP contribution in [0.2, 0.25) is 0 Å². The molecule has 124 valence electrons. The number of benzene rings is 1. The average molecular weight is 330 g/mol. The topological polar surface area (TPSA) is 55.0 Å². The van der Waals surface area contributed by atoms with E-state index < -0.39 is 23.7 Å². The van der Waals surface area contributed by atoms with Crippen molar-refractivity contribution in [3.8, 4) is 0 Å². The summed E-state index contributed by atoms with van der Waals surface area (Å²) >= 11 is 0. The van der Waals surface area contributed by atoms with Crippen LogP contribution in [-0.4, -0.2) is 22.8 Å². The normalized spacial score (nSPS) is 11.5. The van der Waals surface area contributed by atoms with Gasteiger partial charge >= 0.3 is 12.1 Å². The maximum absolute atomic E-state index is 13.0. The molecule has 0 aliphatic heterocycles. The number of halogens is 4. The van der Waals surface area contributed by atoms with Crippen molar-refractivity contribution in [1.29, 1.82) is 0 Å². The quantitative estimate of drug-likeness (QED) is 0.653. The lowest BCUT2D eigenvalue weighted by Gasteiger charge is -2.08. The summed E-state index contributed by atoms with van der Waals surface area (Å²) in [4.78, 5) is 11.5. The first-order chi connectivity index (χ1) is 10.9. The first-order valence-electron chi connectivity index (χ1n) is 6.86. The van der Waals surface area contributed by atoms with Gasteiger partial charge in [-0.2, -0.15) is 18.3 Å². The first-order valence-corrected chi connectivity index (χ1v) is 6.86. The fraction of sp³-hybridized carbons (Fsp3) is 0.333. The summed E-state index contributed by atoms with van der Waals surface area (Å²) in [6, 6.07) is 5.82. The van der Waals surface area contributed by atoms with Crippen molar-refractivity contribution < 1.29 is 27.1 Å². The Morgan fingerprint density at radius 2 is 2.04 bits per heavy atom. The number of nitrogens with one attached hydrogen (secondary N) is 1. The number of hydrogen-bond donors (Lipinski definition) is 1. The molecule has 0 saturated carbocycles. The second-order valence-electron chi connectivity index (χ2n) is 4.87. The number of esters is 1. The maximum Gasteiger partial charge on any atom is 0.433 e. The van der Waals surface area contributed by atoms with Crippen LogP contribution in [0.4, 0.5) is 17.6 Å². The van der Waals surface area contributed by atoms with E-state index in [0.29, 0.717) is 12.0 Å². The van der Waals surface area contributed by atoms with Gasteiger partial charge in [0.05, 0.1) is 12.8 Å². The Labute approximate surface area is 129 Å². The molecule has 0 amide bonds. The first kappa shape index (κ1) is 17.0. The highest BCUT2D eigenvalue weighted by Gasteiger charge is 2.35. The summed E-state index contributed by atoms with van der Waals surface area (Å²) in [5, 5.41) is 5.23. The molecule has 0 aliphatic rings. The second kappa shape index (κ2) is 7.26. The molecule has 0 aliphatic carbocycles. The van der Waals surface area contributed by atoms with Crippen molar-refractivity contribution in [3.63, 3.8) is 0 Å². The molecule has 4 nitrogen and oxygen atoms in total. The SMILES string of the molecule is O=C(CCc1cccc(F)c1)OCCc1cn[nH]c1C(F)(F)F. The molecule has 0 bridgehead atoms. The number of nitrogens with zero attached hydrogens (tertiary/aromatic N) is 1. The van der Waals surface area contributed by atoms with Gasteiger partial charge in [-0.15, -0.1) is 0 Å². The molecule has 1 aromatic heterocycles. The highest BCUT2D eigenvalue weighted by atomic mass is 19.4. The number of rotatable bonds is 6. The highest BCUT2D eigenvalue weighted by molar-refractivity contribution is 5.69. The molecule has 0 radical (unpaired) electrons. The van der Waals surface area contributed by atoms with Crippen molar-refractivity contribution in [3.05, 3.63) is 53.1 Å². The van der Waals surface area contributed by atoms with Crippen LogP contribution in [0.3, 0.4) is 0 Å². The smallest absolute Gasteiger partial charge is 0.433 e. The summed E-state index contributed by atoms with van der Waals surface area (Å²) in [5.41, 5.74) is -0.347. The molecule has 0 fully saturated rings. The van der Waals surface area contributed by atoms with E-state index in [-0.39, 0.29) is 25.0 Å². The molecule has 23 heavy (non-hydrogen) atoms. The van der Waals surface area contributed by atoms with Crippen molar-refractivity contribution in [2.75, 3.05) is 6.61 Å². The largest absolute Gasteiger partial charge is 0.465 e. The van der Waals surface area contributed by atoms with E-state index in [1.54, 1.807) is 6.07 Å². The monoisotopic (exact) mass is 330 g/mol. The Morgan fingerprint density at radius 3 is 2.74 bits per heavy atom. The van der Waals surface area contributed by atoms with Crippen LogP contribution in [0.5, 0.6) is 0 Å². The minimum Gasteiger partial charge on any atom is -0.465 e. The molecule has 2 aromatic rings. The second-order valence-corrected chi connectivity index (χ2v) is 4.87. The van der Waals surface area contributed by atoms with E-state index in [1.807, 2.05) is 5.10 Å². The fourth-order valence-electron chi connectivity index (χ4n) is 2.03. The van der Waals surface area contributed by atoms with Crippen LogP contribution in [-0.2, 0) is 28.5 Å². The molecule has 1 heterocycles. The summed E-state index contributed by atoms with van der Waals surface area (Å²) in [5.74, 6) is -0.943. The number of ether oxygens (including phenoxy) is 1. The lowest BCUT2D eigenvalue weighted by Crippen LogP contribution is -2.12. The maximum atomic E-state index is 13.0. The Bertz CT molecular complexity index is 667. The van der Waals surface area contributed by atoms with Crippen LogP contribution in [0.15, 0.2) is 30.5 Å². The molecule has 8 heteroatoms. The van der Waals surface area contributed by atoms with E-state index in [0.717, 1.165) is 6.20 Å². The van der Waals surface area contributed by atoms with E-state index in [2.05, 4.69) is 5.10 Å². The van der Waals surface area contributed by atoms with Gasteiger partial charge in [0, 0.05) is 18.4 Å². The van der Waals surface area contributed by atoms with Crippen LogP contribution in [0, 0.1) is 5.82 Å². The molecule has 1 aromatic carbocycles. The number of alkyl halides is 3. The van der Waals surface area contributed by atoms with Crippen molar-refractivity contribution in [2.24, 2.45) is 0 Å². The number of carbonyl (C=O) groups excluding carboxylic acids is 1. The summed E-state index contributed by atoms with van der Waals surface area (Å²) in [7, 11) is 0. The van der Waals surface area contributed by atoms with Gasteiger partial charge in [-0.25, -0.2) is 4.39 Å². The third kappa shape index (κ3) is 5.08. The molecule has 0 spiro atoms. The molecule has 0 unspecified atom stereocenters. The Morgan fingerprint density at radius 1 is 1.26 bits per heavy atom. The van der Waals surface area contributed by atoms with Gasteiger partial charge in [0.2, 0.25) is 0 Å². The highest BCUT2D eigenvalue weighted by Crippen LogP contribution is 2.30. The molecular weight excluding hydrogens is 316 g/mol. The van der Waals surface area contributed by atoms with Crippen molar-refractivity contribution in [1.82, 2.24) is 10.2 Å². The van der Waals surface area contributed by atoms with Crippen molar-refractivity contribution in [2.45, 2.75) is 25.4 Å². The number of aryl methyl sites for hydroxylation is 1. The van der Waals surface area contributed by atoms with Crippen LogP contribution < -0.4 is 0 Å². The number of aromatic nitrogens is 2. The number of hydrogen-bond acceptors (Lipinski definition) is 3. The predicted molar refractivity (Wildman–Crippen MR) is 73.0 cm³/mol. The third-order valence-electron chi connectivity index (χ3n) is 3.14. The number of H-pyrrole nitrogens is 1. The van der Waals surface area contributed by atoms with Gasteiger partial charge in [-0.1, -0.05) is 12.1 Å². The zero-order chi connectivity index (χ0) is 16.9. The lowest BCUT2D eigenvalue weighted by atomic mass is 10.1. The third-order valence-corrected chi connectivity index (χ3v) is 3.14. The Hall–Kier alpha value is -2.38. The van der Waals surface area contributed by atoms with Gasteiger partial charge in [0.15, 0.2) is 0 Å². The Kier molecular flexibility index (Phi) is 5.36. The van der Waals surface area contributed by atoms with Gasteiger partial charge in [0.25, 0.3) is 0 Å². The zero-order valence-electron chi connectivity index (χ0n) is 12.0. The molecule has 0 saturated heterocycles. The van der Waals surface area contributed by atoms with Gasteiger partial charge in [-0.3, -0.25) is 9.89 Å². The number of carbonyl (C=O) groups is 1. The van der Waals surface area contributed by atoms with E-state index in [9.17, 15) is 22.4 Å². The van der Waals surface area contributed by atoms with E-state index >= 15 is 0 Å². The standard InChI is InChI=1S/C15H14F4N2O2/c16-12-3-1-2-10(8-12)4-5-13(22)23-7-6-11-9-20-21-14(11)15(17,18)19/h1-3,8-9H,4-7H2,(H,20,21). The van der Waals surface area contributed by atoms with Gasteiger partial charge in [0.1, 0.15) is 11.5 Å². The zero-order valence-corrected chi connectivity index (χ0v) is 12.0. The Balaban J connectivity index is 1.76. The molecule has 1 N–H and O–H groups in total. The predicted octanol–water partition coefficient (Wildman–Crippen LogP) is 3.29. The molecule has 2 rings (SSSR count). The van der Waals surface area contributed by atoms with Crippen molar-refractivity contribution >= 4 is 5.97 Å². The van der Waals surface area contributed by atoms with Crippen LogP contribution in [0.1, 0.15) is 23.2 Å². The van der Waals surface area contributed by atoms with Gasteiger partial charge < -0.3 is 4.74 Å². The van der Waals surface area contributed by atoms with Crippen LogP contribution in [0.25, 0.3) is 0 Å². The van der Waals surface area contributed by atoms with Crippen LogP contribution >= 0.6 is 0 Å². The summed E-state index contributed by atoms with van der Waals surface area (Å²) in [6.45, 7) is -0.176. The van der Waals surface area contributed by atoms with E-state index in [1.165, 1.54) is 18.2 Å². The van der Waals surface area contributed by atoms with E-state index in [4.69, 9.17) is 4.74 Å². The van der Waals surface area contributed by atoms with Gasteiger partial charge in [-0.05, 0) is 24.1 Å². The fourth-order valence-corrected chi connectivity index (χ4v) is 2.03. The summed E-state index contributed by atoms with van der Waals surface area (Å²) in [6.07, 6.45) is -3.22. The molecular formula is C15H14F4N2O2. The number of aromatic amines is 1. The average Bonchev–Trinajstić information content (AvgIpc) is 2.94. The summed E-state index contributed by atoms with van der Waals surface area (Å²) < 4.78 is 55.7. The minimum absolute atomic E-state index is 0.0287. The molecule has 0 atom stereocenters. The minimum atomic E-state index is -4.52.